The van der Waals surface area contributed by atoms with Crippen LogP contribution in [0.4, 0.5) is 17.1 Å². The molecular formula is C46H51ClN8O8S. The van der Waals surface area contributed by atoms with E-state index in [9.17, 15) is 23.3 Å². The van der Waals surface area contributed by atoms with Gasteiger partial charge in [-0.05, 0) is 72.2 Å². The van der Waals surface area contributed by atoms with Crippen molar-refractivity contribution >= 4 is 61.2 Å². The van der Waals surface area contributed by atoms with Crippen molar-refractivity contribution < 1.29 is 32.3 Å². The largest absolute Gasteiger partial charge is 0.489 e. The van der Waals surface area contributed by atoms with Gasteiger partial charge in [-0.1, -0.05) is 43.2 Å². The topological polar surface area (TPSA) is 184 Å². The number of H-pyrrole nitrogens is 1. The maximum atomic E-state index is 14.0. The van der Waals surface area contributed by atoms with Crippen LogP contribution in [-0.2, 0) is 14.8 Å². The first-order chi connectivity index (χ1) is 30.8. The Kier molecular flexibility index (Phi) is 12.3. The number of hydrogen-bond donors (Lipinski definition) is 3. The molecule has 2 saturated heterocycles. The Morgan fingerprint density at radius 3 is 2.56 bits per heavy atom. The monoisotopic (exact) mass is 910 g/mol. The minimum absolute atomic E-state index is 0.00258. The number of nitro benzene ring substituents is 1. The van der Waals surface area contributed by atoms with Crippen LogP contribution < -0.4 is 24.4 Å². The summed E-state index contributed by atoms with van der Waals surface area (Å²) in [7, 11) is -4.66. The lowest BCUT2D eigenvalue weighted by Crippen LogP contribution is -2.47. The van der Waals surface area contributed by atoms with Gasteiger partial charge in [0.2, 0.25) is 0 Å². The van der Waals surface area contributed by atoms with Crippen LogP contribution in [0.15, 0.2) is 89.6 Å². The van der Waals surface area contributed by atoms with Gasteiger partial charge in [-0.15, -0.1) is 0 Å². The van der Waals surface area contributed by atoms with E-state index in [1.165, 1.54) is 35.0 Å². The third kappa shape index (κ3) is 9.68. The van der Waals surface area contributed by atoms with Gasteiger partial charge >= 0.3 is 0 Å². The van der Waals surface area contributed by atoms with Gasteiger partial charge in [0, 0.05) is 92.9 Å². The number of nitrogens with one attached hydrogen (secondary N) is 3. The van der Waals surface area contributed by atoms with Crippen LogP contribution in [0.1, 0.15) is 49.0 Å². The van der Waals surface area contributed by atoms with Gasteiger partial charge in [0.1, 0.15) is 23.8 Å². The first-order valence-corrected chi connectivity index (χ1v) is 23.4. The minimum Gasteiger partial charge on any atom is -0.489 e. The van der Waals surface area contributed by atoms with Crippen LogP contribution >= 0.6 is 11.6 Å². The molecule has 5 aromatic rings. The summed E-state index contributed by atoms with van der Waals surface area (Å²) in [5.74, 6) is -0.522. The van der Waals surface area contributed by atoms with Gasteiger partial charge in [0.25, 0.3) is 21.6 Å². The van der Waals surface area contributed by atoms with Crippen LogP contribution in [-0.4, -0.2) is 117 Å². The number of morpholine rings is 1. The van der Waals surface area contributed by atoms with Crippen molar-refractivity contribution in [2.24, 2.45) is 5.41 Å². The number of carbonyl (C=O) groups excluding carboxylic acids is 1. The zero-order valence-electron chi connectivity index (χ0n) is 35.8. The van der Waals surface area contributed by atoms with E-state index in [1.807, 2.05) is 18.2 Å². The number of anilines is 2. The number of hydrogen-bond acceptors (Lipinski definition) is 13. The number of piperazine rings is 1. The summed E-state index contributed by atoms with van der Waals surface area (Å²) in [5.41, 5.74) is 5.31. The van der Waals surface area contributed by atoms with Crippen molar-refractivity contribution in [3.8, 4) is 17.2 Å². The van der Waals surface area contributed by atoms with E-state index in [1.54, 1.807) is 24.4 Å². The van der Waals surface area contributed by atoms with Crippen molar-refractivity contribution in [2.45, 2.75) is 44.0 Å². The number of pyridine rings is 1. The molecule has 0 unspecified atom stereocenters. The predicted octanol–water partition coefficient (Wildman–Crippen LogP) is 7.33. The summed E-state index contributed by atoms with van der Waals surface area (Å²) in [4.78, 5) is 39.5. The van der Waals surface area contributed by atoms with E-state index in [0.29, 0.717) is 44.2 Å². The molecule has 2 fully saturated rings. The molecule has 0 spiro atoms. The molecule has 3 aromatic carbocycles. The number of halogens is 1. The average molecular weight is 911 g/mol. The Labute approximate surface area is 376 Å². The molecule has 5 heterocycles. The Morgan fingerprint density at radius 1 is 1.02 bits per heavy atom. The fourth-order valence-electron chi connectivity index (χ4n) is 8.98. The van der Waals surface area contributed by atoms with E-state index >= 15 is 0 Å². The van der Waals surface area contributed by atoms with Crippen molar-refractivity contribution in [2.75, 3.05) is 82.4 Å². The molecule has 2 aromatic heterocycles. The number of ether oxygens (including phenoxy) is 3. The van der Waals surface area contributed by atoms with E-state index in [-0.39, 0.29) is 40.8 Å². The molecule has 1 atom stereocenters. The molecule has 0 radical (unpaired) electrons. The summed E-state index contributed by atoms with van der Waals surface area (Å²) in [6, 6.07) is 18.7. The first kappa shape index (κ1) is 43.5. The summed E-state index contributed by atoms with van der Waals surface area (Å²) >= 11 is 6.25. The fourth-order valence-corrected chi connectivity index (χ4v) is 10.1. The number of aromatic nitrogens is 2. The first-order valence-electron chi connectivity index (χ1n) is 21.6. The van der Waals surface area contributed by atoms with Crippen molar-refractivity contribution in [3.05, 3.63) is 111 Å². The lowest BCUT2D eigenvalue weighted by atomic mass is 9.72. The van der Waals surface area contributed by atoms with Gasteiger partial charge in [0.15, 0.2) is 11.4 Å². The molecule has 0 saturated carbocycles. The highest BCUT2D eigenvalue weighted by Gasteiger charge is 2.34. The molecule has 3 N–H and O–H groups in total. The molecule has 4 aliphatic rings. The average Bonchev–Trinajstić information content (AvgIpc) is 3.75. The third-order valence-electron chi connectivity index (χ3n) is 12.5. The number of nitro groups is 1. The highest BCUT2D eigenvalue weighted by atomic mass is 35.5. The Hall–Kier alpha value is -5.72. The van der Waals surface area contributed by atoms with Gasteiger partial charge in [-0.25, -0.2) is 18.1 Å². The maximum absolute atomic E-state index is 14.0. The zero-order valence-corrected chi connectivity index (χ0v) is 37.3. The van der Waals surface area contributed by atoms with Gasteiger partial charge < -0.3 is 29.4 Å². The third-order valence-corrected chi connectivity index (χ3v) is 14.1. The summed E-state index contributed by atoms with van der Waals surface area (Å²) in [6.45, 7) is 12.0. The second-order valence-corrected chi connectivity index (χ2v) is 19.8. The van der Waals surface area contributed by atoms with Gasteiger partial charge in [0.05, 0.1) is 40.8 Å². The van der Waals surface area contributed by atoms with Crippen LogP contribution in [0.3, 0.4) is 0 Å². The van der Waals surface area contributed by atoms with E-state index < -0.39 is 31.4 Å². The Balaban J connectivity index is 0.938. The van der Waals surface area contributed by atoms with Crippen molar-refractivity contribution in [1.82, 2.24) is 24.5 Å². The smallest absolute Gasteiger partial charge is 0.297 e. The molecule has 64 heavy (non-hydrogen) atoms. The molecule has 1 amide bonds. The number of aromatic amines is 1. The standard InChI is InChI=1S/C46H51ClN8O8S/c1-46(2)11-9-32(39(25-46)30-3-5-33(47)6-4-30)27-52-13-15-54(16-14-52)35-7-8-38(41(22-35)63-36-21-31-10-12-48-44(31)49-26-36)45(56)51-64(59,60)37-23-40(55(57)58)43-42(24-37)62-29-34(50-43)28-53-17-19-61-20-18-53/h3-8,10,12,21-24,26,34,50H,9,11,13-20,25,27-29H2,1-2H3,(H,48,49)(H,51,56)/t34-/m0/s1. The molecule has 9 rings (SSSR count). The number of nitrogens with zero attached hydrogens (tertiary/aromatic N) is 5. The minimum atomic E-state index is -4.66. The normalized spacial score (nSPS) is 19.4. The Morgan fingerprint density at radius 2 is 1.80 bits per heavy atom. The molecule has 18 heteroatoms. The highest BCUT2D eigenvalue weighted by molar-refractivity contribution is 7.90. The number of fused-ring (bicyclic) bond motifs is 2. The number of sulfonamides is 1. The second-order valence-electron chi connectivity index (χ2n) is 17.6. The molecule has 16 nitrogen and oxygen atoms in total. The molecule has 0 bridgehead atoms. The molecule has 336 valence electrons. The quantitative estimate of drug-likeness (QED) is 0.0836. The number of carbonyl (C=O) groups is 1. The van der Waals surface area contributed by atoms with Gasteiger partial charge in [-0.2, -0.15) is 0 Å². The van der Waals surface area contributed by atoms with E-state index in [0.717, 1.165) is 74.1 Å². The number of rotatable bonds is 12. The van der Waals surface area contributed by atoms with Crippen LogP contribution in [0.2, 0.25) is 5.02 Å². The van der Waals surface area contributed by atoms with Crippen LogP contribution in [0, 0.1) is 15.5 Å². The van der Waals surface area contributed by atoms with Crippen molar-refractivity contribution in [3.63, 3.8) is 0 Å². The highest BCUT2D eigenvalue weighted by Crippen LogP contribution is 2.44. The summed E-state index contributed by atoms with van der Waals surface area (Å²) in [6.07, 6.45) is 6.46. The summed E-state index contributed by atoms with van der Waals surface area (Å²) < 4.78 is 47.6. The molecule has 3 aliphatic heterocycles. The lowest BCUT2D eigenvalue weighted by Gasteiger charge is -2.39. The number of amides is 1. The SMILES string of the molecule is CC1(C)CCC(CN2CCN(c3ccc(C(=O)NS(=O)(=O)c4cc5c(c([N+](=O)[O-])c4)N[C@@H](CN4CCOCC4)CO5)c(Oc4cnc5[nH]ccc5c4)c3)CC2)=C(c2ccc(Cl)cc2)C1. The van der Waals surface area contributed by atoms with E-state index in [4.69, 9.17) is 25.8 Å². The van der Waals surface area contributed by atoms with Crippen LogP contribution in [0.5, 0.6) is 17.2 Å². The second kappa shape index (κ2) is 18.0. The predicted molar refractivity (Wildman–Crippen MR) is 245 cm³/mol. The van der Waals surface area contributed by atoms with Crippen molar-refractivity contribution in [1.29, 1.82) is 0 Å². The molecular weight excluding hydrogens is 860 g/mol. The van der Waals surface area contributed by atoms with Gasteiger partial charge in [-0.3, -0.25) is 24.7 Å². The number of allylic oxidation sites excluding steroid dienone is 1. The molecule has 1 aliphatic carbocycles. The maximum Gasteiger partial charge on any atom is 0.297 e. The lowest BCUT2D eigenvalue weighted by molar-refractivity contribution is -0.384. The van der Waals surface area contributed by atoms with Crippen LogP contribution in [0.25, 0.3) is 16.6 Å². The Bertz CT molecular complexity index is 2710. The number of benzene rings is 3. The fraction of sp³-hybridized carbons (Fsp3) is 0.391. The zero-order chi connectivity index (χ0) is 44.6. The van der Waals surface area contributed by atoms with E-state index in [2.05, 4.69) is 60.7 Å². The summed E-state index contributed by atoms with van der Waals surface area (Å²) in [5, 5.41) is 17.0.